The Morgan fingerprint density at radius 2 is 1.71 bits per heavy atom. The molecule has 12 nitrogen and oxygen atoms in total. The summed E-state index contributed by atoms with van der Waals surface area (Å²) in [7, 11) is 2.92. The molecule has 0 unspecified atom stereocenters. The number of nitro benzene ring substituents is 1. The molecule has 14 heteroatoms. The van der Waals surface area contributed by atoms with Crippen LogP contribution in [0.5, 0.6) is 23.0 Å². The fraction of sp³-hybridized carbons (Fsp3) is 0.265. The second-order valence-electron chi connectivity index (χ2n) is 10.4. The molecule has 0 saturated heterocycles. The highest BCUT2D eigenvalue weighted by Crippen LogP contribution is 2.41. The minimum atomic E-state index is -0.973. The van der Waals surface area contributed by atoms with Gasteiger partial charge in [-0.25, -0.2) is 9.79 Å². The maximum Gasteiger partial charge on any atom is 0.338 e. The number of ether oxygens (including phenoxy) is 5. The van der Waals surface area contributed by atoms with Gasteiger partial charge in [0.15, 0.2) is 27.8 Å². The molecule has 2 heterocycles. The van der Waals surface area contributed by atoms with Gasteiger partial charge in [-0.2, -0.15) is 0 Å². The van der Waals surface area contributed by atoms with Gasteiger partial charge in [-0.3, -0.25) is 19.5 Å². The fourth-order valence-electron chi connectivity index (χ4n) is 5.26. The molecular formula is C34H32BrN3O9S. The Hall–Kier alpha value is -4.95. The van der Waals surface area contributed by atoms with Crippen LogP contribution >= 0.6 is 27.3 Å². The summed E-state index contributed by atoms with van der Waals surface area (Å²) in [5.74, 6) is 0.658. The number of fused-ring (bicyclic) bond motifs is 1. The quantitative estimate of drug-likeness (QED) is 0.105. The van der Waals surface area contributed by atoms with Crippen LogP contribution in [-0.4, -0.2) is 42.9 Å². The highest BCUT2D eigenvalue weighted by atomic mass is 79.9. The third-order valence-electron chi connectivity index (χ3n) is 7.43. The van der Waals surface area contributed by atoms with E-state index in [-0.39, 0.29) is 46.1 Å². The van der Waals surface area contributed by atoms with E-state index >= 15 is 0 Å². The number of carbonyl (C=O) groups is 1. The number of halogens is 1. The van der Waals surface area contributed by atoms with Gasteiger partial charge >= 0.3 is 5.97 Å². The first-order chi connectivity index (χ1) is 23.1. The standard InChI is InChI=1S/C34H32BrN3O9S/c1-6-45-27-16-23(35)22(15-26(27)44-5)31-30(33(40)46-7-2)19(3)36-34-37(31)32(39)29(48-34)14-21-13-25(43-4)28(17-24(21)38(41)42)47-18-20-11-9-8-10-12-20/h8-17,31H,6-7,18H2,1-5H3/b29-14+/t31-/m1/s1. The van der Waals surface area contributed by atoms with E-state index < -0.39 is 22.5 Å². The van der Waals surface area contributed by atoms with Gasteiger partial charge in [-0.05, 0) is 56.2 Å². The van der Waals surface area contributed by atoms with E-state index in [1.807, 2.05) is 37.3 Å². The summed E-state index contributed by atoms with van der Waals surface area (Å²) >= 11 is 4.64. The molecule has 0 fully saturated rings. The van der Waals surface area contributed by atoms with Crippen LogP contribution in [0.2, 0.25) is 0 Å². The van der Waals surface area contributed by atoms with Crippen molar-refractivity contribution in [3.8, 4) is 23.0 Å². The van der Waals surface area contributed by atoms with Crippen molar-refractivity contribution in [2.45, 2.75) is 33.4 Å². The highest BCUT2D eigenvalue weighted by molar-refractivity contribution is 9.10. The van der Waals surface area contributed by atoms with Crippen LogP contribution in [-0.2, 0) is 16.1 Å². The van der Waals surface area contributed by atoms with Crippen molar-refractivity contribution in [1.82, 2.24) is 4.57 Å². The molecule has 5 rings (SSSR count). The van der Waals surface area contributed by atoms with E-state index in [2.05, 4.69) is 20.9 Å². The average molecular weight is 739 g/mol. The number of aromatic nitrogens is 1. The summed E-state index contributed by atoms with van der Waals surface area (Å²) in [5.41, 5.74) is 1.23. The molecule has 0 aliphatic carbocycles. The minimum Gasteiger partial charge on any atom is -0.493 e. The summed E-state index contributed by atoms with van der Waals surface area (Å²) in [5, 5.41) is 12.3. The SMILES string of the molecule is CCOC(=O)C1=C(C)N=c2s/c(=C/c3cc(OC)c(OCc4ccccc4)cc3[N+](=O)[O-])c(=O)n2[C@@H]1c1cc(OC)c(OCC)cc1Br. The van der Waals surface area contributed by atoms with Gasteiger partial charge in [0.2, 0.25) is 0 Å². The molecule has 0 radical (unpaired) electrons. The molecule has 0 bridgehead atoms. The molecule has 1 aliphatic heterocycles. The van der Waals surface area contributed by atoms with Crippen molar-refractivity contribution >= 4 is 45.0 Å². The van der Waals surface area contributed by atoms with Crippen molar-refractivity contribution in [1.29, 1.82) is 0 Å². The molecular weight excluding hydrogens is 706 g/mol. The van der Waals surface area contributed by atoms with Gasteiger partial charge in [-0.1, -0.05) is 57.6 Å². The Labute approximate surface area is 287 Å². The molecule has 1 atom stereocenters. The van der Waals surface area contributed by atoms with Gasteiger partial charge in [0.1, 0.15) is 6.61 Å². The summed E-state index contributed by atoms with van der Waals surface area (Å²) in [6.07, 6.45) is 1.42. The zero-order valence-corrected chi connectivity index (χ0v) is 29.2. The highest BCUT2D eigenvalue weighted by Gasteiger charge is 2.35. The topological polar surface area (TPSA) is 141 Å². The third kappa shape index (κ3) is 6.85. The van der Waals surface area contributed by atoms with Crippen molar-refractivity contribution in [3.05, 3.63) is 117 Å². The van der Waals surface area contributed by atoms with Gasteiger partial charge in [0.05, 0.1) is 65.8 Å². The van der Waals surface area contributed by atoms with Crippen molar-refractivity contribution in [2.75, 3.05) is 27.4 Å². The predicted molar refractivity (Wildman–Crippen MR) is 183 cm³/mol. The van der Waals surface area contributed by atoms with E-state index in [4.69, 9.17) is 23.7 Å². The minimum absolute atomic E-state index is 0.108. The average Bonchev–Trinajstić information content (AvgIpc) is 3.37. The van der Waals surface area contributed by atoms with Crippen molar-refractivity contribution < 1.29 is 33.4 Å². The summed E-state index contributed by atoms with van der Waals surface area (Å²) < 4.78 is 30.2. The number of rotatable bonds is 12. The van der Waals surface area contributed by atoms with E-state index in [9.17, 15) is 19.7 Å². The van der Waals surface area contributed by atoms with E-state index in [0.29, 0.717) is 38.6 Å². The van der Waals surface area contributed by atoms with Gasteiger partial charge in [-0.15, -0.1) is 0 Å². The Kier molecular flexibility index (Phi) is 10.6. The van der Waals surface area contributed by atoms with Crippen LogP contribution in [0, 0.1) is 10.1 Å². The normalized spacial score (nSPS) is 14.2. The Morgan fingerprint density at radius 1 is 1.02 bits per heavy atom. The number of esters is 1. The molecule has 0 N–H and O–H groups in total. The lowest BCUT2D eigenvalue weighted by atomic mass is 9.95. The zero-order chi connectivity index (χ0) is 34.5. The van der Waals surface area contributed by atoms with Crippen LogP contribution in [0.15, 0.2) is 80.1 Å². The third-order valence-corrected chi connectivity index (χ3v) is 9.10. The summed E-state index contributed by atoms with van der Waals surface area (Å²) in [6.45, 7) is 5.86. The Morgan fingerprint density at radius 3 is 2.35 bits per heavy atom. The number of hydrogen-bond acceptors (Lipinski definition) is 11. The van der Waals surface area contributed by atoms with Gasteiger partial charge in [0.25, 0.3) is 11.2 Å². The maximum absolute atomic E-state index is 14.2. The largest absolute Gasteiger partial charge is 0.493 e. The number of thiazole rings is 1. The lowest BCUT2D eigenvalue weighted by Gasteiger charge is -2.26. The molecule has 3 aromatic carbocycles. The number of hydrogen-bond donors (Lipinski definition) is 0. The lowest BCUT2D eigenvalue weighted by Crippen LogP contribution is -2.40. The van der Waals surface area contributed by atoms with Crippen LogP contribution in [0.4, 0.5) is 5.69 Å². The van der Waals surface area contributed by atoms with Crippen molar-refractivity contribution in [2.24, 2.45) is 4.99 Å². The number of nitrogens with zero attached hydrogens (tertiary/aromatic N) is 3. The number of carbonyl (C=O) groups excluding carboxylic acids is 1. The molecule has 0 amide bonds. The molecule has 48 heavy (non-hydrogen) atoms. The molecule has 1 aromatic heterocycles. The van der Waals surface area contributed by atoms with Crippen molar-refractivity contribution in [3.63, 3.8) is 0 Å². The number of allylic oxidation sites excluding steroid dienone is 1. The van der Waals surface area contributed by atoms with E-state index in [0.717, 1.165) is 16.9 Å². The van der Waals surface area contributed by atoms with E-state index in [1.165, 1.54) is 37.0 Å². The molecule has 4 aromatic rings. The van der Waals surface area contributed by atoms with Crippen LogP contribution in [0.25, 0.3) is 6.08 Å². The first-order valence-electron chi connectivity index (χ1n) is 14.8. The zero-order valence-electron chi connectivity index (χ0n) is 26.8. The number of benzene rings is 3. The predicted octanol–water partition coefficient (Wildman–Crippen LogP) is 5.46. The van der Waals surface area contributed by atoms with Crippen LogP contribution < -0.4 is 33.8 Å². The second kappa shape index (κ2) is 14.9. The number of nitro groups is 1. The van der Waals surface area contributed by atoms with Gasteiger partial charge < -0.3 is 23.7 Å². The van der Waals surface area contributed by atoms with E-state index in [1.54, 1.807) is 26.0 Å². The summed E-state index contributed by atoms with van der Waals surface area (Å²) in [4.78, 5) is 44.2. The van der Waals surface area contributed by atoms with Crippen LogP contribution in [0.1, 0.15) is 43.5 Å². The molecule has 0 spiro atoms. The van der Waals surface area contributed by atoms with Gasteiger partial charge in [0, 0.05) is 4.47 Å². The Balaban J connectivity index is 1.69. The maximum atomic E-state index is 14.2. The Bertz CT molecular complexity index is 2090. The lowest BCUT2D eigenvalue weighted by molar-refractivity contribution is -0.385. The first kappa shape index (κ1) is 34.4. The summed E-state index contributed by atoms with van der Waals surface area (Å²) in [6, 6.07) is 14.5. The fourth-order valence-corrected chi connectivity index (χ4v) is 6.84. The molecule has 1 aliphatic rings. The monoisotopic (exact) mass is 737 g/mol. The number of methoxy groups -OCH3 is 2. The smallest absolute Gasteiger partial charge is 0.338 e. The molecule has 250 valence electrons. The molecule has 0 saturated carbocycles. The second-order valence-corrected chi connectivity index (χ2v) is 12.2. The first-order valence-corrected chi connectivity index (χ1v) is 16.5. The van der Waals surface area contributed by atoms with Crippen LogP contribution in [0.3, 0.4) is 0 Å².